The molecule has 0 unspecified atom stereocenters. The molecule has 1 aliphatic rings. The first kappa shape index (κ1) is 12.9. The molecule has 0 spiro atoms. The fourth-order valence-electron chi connectivity index (χ4n) is 3.00. The minimum atomic E-state index is 0.614. The summed E-state index contributed by atoms with van der Waals surface area (Å²) in [6, 6.07) is 13.3. The quantitative estimate of drug-likeness (QED) is 0.797. The summed E-state index contributed by atoms with van der Waals surface area (Å²) in [5.41, 5.74) is 2.60. The second kappa shape index (κ2) is 5.54. The van der Waals surface area contributed by atoms with E-state index in [4.69, 9.17) is 0 Å². The van der Waals surface area contributed by atoms with Gasteiger partial charge in [0.05, 0.1) is 10.4 Å². The molecule has 1 N–H and O–H groups in total. The van der Waals surface area contributed by atoms with Crippen molar-refractivity contribution in [1.29, 1.82) is 0 Å². The average molecular weight is 295 g/mol. The Morgan fingerprint density at radius 1 is 1.10 bits per heavy atom. The Hall–Kier alpha value is -1.78. The van der Waals surface area contributed by atoms with Crippen molar-refractivity contribution in [3.05, 3.63) is 60.0 Å². The zero-order chi connectivity index (χ0) is 14.1. The first-order chi connectivity index (χ1) is 10.4. The molecule has 2 heterocycles. The lowest BCUT2D eigenvalue weighted by Crippen LogP contribution is -2.39. The molecule has 0 radical (unpaired) electrons. The lowest BCUT2D eigenvalue weighted by molar-refractivity contribution is 0.289. The number of rotatable bonds is 4. The zero-order valence-electron chi connectivity index (χ0n) is 11.7. The largest absolute Gasteiger partial charge is 0.308 e. The van der Waals surface area contributed by atoms with Gasteiger partial charge in [-0.25, -0.2) is 0 Å². The molecule has 106 valence electrons. The Kier molecular flexibility index (Phi) is 3.41. The van der Waals surface area contributed by atoms with Gasteiger partial charge in [-0.15, -0.1) is 0 Å². The number of nitrogens with one attached hydrogen (secondary N) is 1. The van der Waals surface area contributed by atoms with Crippen molar-refractivity contribution in [2.75, 3.05) is 0 Å². The molecule has 4 rings (SSSR count). The third-order valence-electron chi connectivity index (χ3n) is 4.33. The summed E-state index contributed by atoms with van der Waals surface area (Å²) in [5.74, 6) is 0.692. The highest BCUT2D eigenvalue weighted by molar-refractivity contribution is 7.13. The number of hydrogen-bond acceptors (Lipinski definition) is 4. The molecular formula is C17H17N3S. The maximum Gasteiger partial charge on any atom is 0.0758 e. The molecule has 3 aromatic rings. The fraction of sp³-hybridized carbons (Fsp3) is 0.294. The zero-order valence-corrected chi connectivity index (χ0v) is 12.5. The standard InChI is InChI=1S/C17H17N3S/c1-2-4-17-15(3-1)16(20-21-17)11-19-14-9-13(10-14)12-5-7-18-8-6-12/h1-8,13-14,19H,9-11H2. The van der Waals surface area contributed by atoms with Crippen LogP contribution in [0.15, 0.2) is 48.8 Å². The molecule has 0 amide bonds. The summed E-state index contributed by atoms with van der Waals surface area (Å²) in [7, 11) is 0. The molecule has 0 saturated heterocycles. The SMILES string of the molecule is c1ccc2c(CNC3CC(c4ccncc4)C3)nsc2c1. The molecule has 1 aliphatic carbocycles. The summed E-state index contributed by atoms with van der Waals surface area (Å²) in [6.07, 6.45) is 6.20. The Balaban J connectivity index is 1.35. The van der Waals surface area contributed by atoms with Gasteiger partial charge in [-0.3, -0.25) is 4.98 Å². The molecule has 3 nitrogen and oxygen atoms in total. The van der Waals surface area contributed by atoms with Gasteiger partial charge in [-0.1, -0.05) is 18.2 Å². The van der Waals surface area contributed by atoms with E-state index in [0.29, 0.717) is 12.0 Å². The molecule has 1 saturated carbocycles. The molecular weight excluding hydrogens is 278 g/mol. The van der Waals surface area contributed by atoms with Crippen LogP contribution < -0.4 is 5.32 Å². The molecule has 0 aliphatic heterocycles. The van der Waals surface area contributed by atoms with E-state index in [2.05, 4.69) is 51.1 Å². The predicted molar refractivity (Wildman–Crippen MR) is 86.5 cm³/mol. The van der Waals surface area contributed by atoms with E-state index in [1.165, 1.54) is 34.2 Å². The van der Waals surface area contributed by atoms with Gasteiger partial charge in [0.25, 0.3) is 0 Å². The monoisotopic (exact) mass is 295 g/mol. The van der Waals surface area contributed by atoms with Crippen molar-refractivity contribution < 1.29 is 0 Å². The smallest absolute Gasteiger partial charge is 0.0758 e. The van der Waals surface area contributed by atoms with Gasteiger partial charge in [0.1, 0.15) is 0 Å². The normalized spacial score (nSPS) is 21.3. The molecule has 21 heavy (non-hydrogen) atoms. The van der Waals surface area contributed by atoms with Crippen molar-refractivity contribution in [3.8, 4) is 0 Å². The topological polar surface area (TPSA) is 37.8 Å². The number of benzene rings is 1. The summed E-state index contributed by atoms with van der Waals surface area (Å²) >= 11 is 1.59. The molecule has 2 aromatic heterocycles. The highest BCUT2D eigenvalue weighted by atomic mass is 32.1. The Morgan fingerprint density at radius 3 is 2.76 bits per heavy atom. The van der Waals surface area contributed by atoms with Crippen LogP contribution in [0, 0.1) is 0 Å². The Labute approximate surface area is 128 Å². The van der Waals surface area contributed by atoms with Crippen LogP contribution in [0.5, 0.6) is 0 Å². The van der Waals surface area contributed by atoms with Crippen LogP contribution in [-0.2, 0) is 6.54 Å². The lowest BCUT2D eigenvalue weighted by atomic mass is 9.76. The van der Waals surface area contributed by atoms with Crippen molar-refractivity contribution in [3.63, 3.8) is 0 Å². The van der Waals surface area contributed by atoms with Gasteiger partial charge in [0, 0.05) is 30.4 Å². The predicted octanol–water partition coefficient (Wildman–Crippen LogP) is 3.73. The fourth-order valence-corrected chi connectivity index (χ4v) is 3.79. The van der Waals surface area contributed by atoms with Gasteiger partial charge < -0.3 is 5.32 Å². The van der Waals surface area contributed by atoms with Crippen molar-refractivity contribution >= 4 is 21.6 Å². The van der Waals surface area contributed by atoms with E-state index >= 15 is 0 Å². The molecule has 4 heteroatoms. The van der Waals surface area contributed by atoms with E-state index in [1.54, 1.807) is 11.5 Å². The minimum absolute atomic E-state index is 0.614. The van der Waals surface area contributed by atoms with E-state index in [0.717, 1.165) is 6.54 Å². The summed E-state index contributed by atoms with van der Waals surface area (Å²) < 4.78 is 5.85. The van der Waals surface area contributed by atoms with Gasteiger partial charge in [0.2, 0.25) is 0 Å². The minimum Gasteiger partial charge on any atom is -0.308 e. The molecule has 1 aromatic carbocycles. The van der Waals surface area contributed by atoms with Gasteiger partial charge >= 0.3 is 0 Å². The molecule has 0 bridgehead atoms. The first-order valence-corrected chi connectivity index (χ1v) is 8.14. The lowest BCUT2D eigenvalue weighted by Gasteiger charge is -2.36. The van der Waals surface area contributed by atoms with Crippen molar-refractivity contribution in [2.45, 2.75) is 31.3 Å². The third kappa shape index (κ3) is 2.57. The van der Waals surface area contributed by atoms with Crippen LogP contribution in [-0.4, -0.2) is 15.4 Å². The summed E-state index contributed by atoms with van der Waals surface area (Å²) in [6.45, 7) is 0.873. The van der Waals surface area contributed by atoms with Gasteiger partial charge in [-0.2, -0.15) is 4.37 Å². The van der Waals surface area contributed by atoms with Crippen LogP contribution in [0.2, 0.25) is 0 Å². The van der Waals surface area contributed by atoms with E-state index in [-0.39, 0.29) is 0 Å². The van der Waals surface area contributed by atoms with Crippen LogP contribution in [0.4, 0.5) is 0 Å². The maximum atomic E-state index is 4.57. The number of aromatic nitrogens is 2. The van der Waals surface area contributed by atoms with Crippen LogP contribution >= 0.6 is 11.5 Å². The molecule has 1 fully saturated rings. The number of pyridine rings is 1. The molecule has 0 atom stereocenters. The second-order valence-corrected chi connectivity index (χ2v) is 6.46. The van der Waals surface area contributed by atoms with Crippen LogP contribution in [0.3, 0.4) is 0 Å². The maximum absolute atomic E-state index is 4.57. The van der Waals surface area contributed by atoms with Crippen LogP contribution in [0.25, 0.3) is 10.1 Å². The van der Waals surface area contributed by atoms with E-state index < -0.39 is 0 Å². The highest BCUT2D eigenvalue weighted by Crippen LogP contribution is 2.36. The number of hydrogen-bond donors (Lipinski definition) is 1. The van der Waals surface area contributed by atoms with Gasteiger partial charge in [0.15, 0.2) is 0 Å². The highest BCUT2D eigenvalue weighted by Gasteiger charge is 2.29. The van der Waals surface area contributed by atoms with Gasteiger partial charge in [-0.05, 0) is 54.1 Å². The van der Waals surface area contributed by atoms with Crippen molar-refractivity contribution in [1.82, 2.24) is 14.7 Å². The average Bonchev–Trinajstić information content (AvgIpc) is 2.90. The van der Waals surface area contributed by atoms with E-state index in [9.17, 15) is 0 Å². The summed E-state index contributed by atoms with van der Waals surface area (Å²) in [5, 5.41) is 4.93. The number of fused-ring (bicyclic) bond motifs is 1. The summed E-state index contributed by atoms with van der Waals surface area (Å²) in [4.78, 5) is 4.08. The second-order valence-electron chi connectivity index (χ2n) is 5.65. The van der Waals surface area contributed by atoms with Crippen molar-refractivity contribution in [2.24, 2.45) is 0 Å². The Morgan fingerprint density at radius 2 is 1.90 bits per heavy atom. The Bertz CT molecular complexity index is 732. The van der Waals surface area contributed by atoms with E-state index in [1.807, 2.05) is 12.4 Å². The number of nitrogens with zero attached hydrogens (tertiary/aromatic N) is 2. The third-order valence-corrected chi connectivity index (χ3v) is 5.19. The first-order valence-electron chi connectivity index (χ1n) is 7.37. The van der Waals surface area contributed by atoms with Crippen LogP contribution in [0.1, 0.15) is 30.0 Å².